The number of amides is 1. The number of nitrogens with two attached hydrogens (primary N) is 1. The maximum absolute atomic E-state index is 12.6. The molecule has 0 aromatic heterocycles. The first kappa shape index (κ1) is 16.4. The molecule has 5 heteroatoms. The number of nitrogens with one attached hydrogen (secondary N) is 1. The van der Waals surface area contributed by atoms with Crippen molar-refractivity contribution in [2.75, 3.05) is 18.2 Å². The van der Waals surface area contributed by atoms with Crippen molar-refractivity contribution < 1.29 is 9.53 Å². The molecule has 0 radical (unpaired) electrons. The molecule has 2 aromatic rings. The largest absolute Gasteiger partial charge is 0.495 e. The Bertz CT molecular complexity index is 792. The van der Waals surface area contributed by atoms with E-state index in [4.69, 9.17) is 15.7 Å². The summed E-state index contributed by atoms with van der Waals surface area (Å²) in [5.41, 5.74) is 10.0. The van der Waals surface area contributed by atoms with Crippen LogP contribution in [-0.4, -0.2) is 13.0 Å². The molecule has 0 spiro atoms. The van der Waals surface area contributed by atoms with Crippen LogP contribution in [0.5, 0.6) is 5.75 Å². The molecule has 0 aliphatic carbocycles. The van der Waals surface area contributed by atoms with Gasteiger partial charge in [-0.2, -0.15) is 5.26 Å². The van der Waals surface area contributed by atoms with Gasteiger partial charge in [0, 0.05) is 5.69 Å². The Morgan fingerprint density at radius 3 is 2.61 bits per heavy atom. The quantitative estimate of drug-likeness (QED) is 0.849. The predicted molar refractivity (Wildman–Crippen MR) is 90.6 cm³/mol. The number of benzene rings is 2. The maximum atomic E-state index is 12.6. The van der Waals surface area contributed by atoms with Crippen molar-refractivity contribution in [1.29, 1.82) is 5.26 Å². The molecule has 0 saturated carbocycles. The van der Waals surface area contributed by atoms with Gasteiger partial charge in [-0.1, -0.05) is 18.2 Å². The molecule has 0 heterocycles. The molecule has 1 amide bonds. The predicted octanol–water partition coefficient (Wildman–Crippen LogP) is 3.21. The van der Waals surface area contributed by atoms with Crippen molar-refractivity contribution in [2.45, 2.75) is 20.3 Å². The van der Waals surface area contributed by atoms with Crippen LogP contribution in [0.2, 0.25) is 0 Å². The Kier molecular flexibility index (Phi) is 4.87. The first-order valence-electron chi connectivity index (χ1n) is 7.18. The molecule has 0 atom stereocenters. The molecule has 2 aromatic carbocycles. The van der Waals surface area contributed by atoms with Crippen LogP contribution in [0.4, 0.5) is 11.4 Å². The normalized spacial score (nSPS) is 10.0. The molecule has 0 aliphatic rings. The van der Waals surface area contributed by atoms with E-state index >= 15 is 0 Å². The highest BCUT2D eigenvalue weighted by Gasteiger charge is 2.16. The highest BCUT2D eigenvalue weighted by Crippen LogP contribution is 2.28. The number of anilines is 2. The second-order valence-electron chi connectivity index (χ2n) is 5.31. The molecule has 2 rings (SSSR count). The summed E-state index contributed by atoms with van der Waals surface area (Å²) in [6.07, 6.45) is 0.286. The highest BCUT2D eigenvalue weighted by molar-refractivity contribution is 6.09. The van der Waals surface area contributed by atoms with Gasteiger partial charge in [0.25, 0.3) is 5.91 Å². The van der Waals surface area contributed by atoms with Crippen molar-refractivity contribution in [3.8, 4) is 11.8 Å². The van der Waals surface area contributed by atoms with Gasteiger partial charge in [0.2, 0.25) is 0 Å². The summed E-state index contributed by atoms with van der Waals surface area (Å²) in [5.74, 6) is 0.227. The summed E-state index contributed by atoms with van der Waals surface area (Å²) in [5, 5.41) is 11.6. The number of carbonyl (C=O) groups excluding carboxylic acids is 1. The molecule has 23 heavy (non-hydrogen) atoms. The third-order valence-corrected chi connectivity index (χ3v) is 3.70. The van der Waals surface area contributed by atoms with Crippen LogP contribution in [-0.2, 0) is 6.42 Å². The Morgan fingerprint density at radius 2 is 1.96 bits per heavy atom. The lowest BCUT2D eigenvalue weighted by Crippen LogP contribution is -2.17. The number of ether oxygens (including phenoxy) is 1. The molecular weight excluding hydrogens is 290 g/mol. The third kappa shape index (κ3) is 3.43. The lowest BCUT2D eigenvalue weighted by Gasteiger charge is -2.14. The lowest BCUT2D eigenvalue weighted by molar-refractivity contribution is 0.102. The monoisotopic (exact) mass is 309 g/mol. The number of methoxy groups -OCH3 is 1. The smallest absolute Gasteiger partial charge is 0.258 e. The topological polar surface area (TPSA) is 88.1 Å². The summed E-state index contributed by atoms with van der Waals surface area (Å²) >= 11 is 0. The molecular formula is C18H19N3O2. The fourth-order valence-corrected chi connectivity index (χ4v) is 2.36. The zero-order valence-electron chi connectivity index (χ0n) is 13.4. The van der Waals surface area contributed by atoms with E-state index in [2.05, 4.69) is 11.4 Å². The van der Waals surface area contributed by atoms with Crippen LogP contribution in [0, 0.1) is 25.2 Å². The van der Waals surface area contributed by atoms with E-state index in [0.29, 0.717) is 22.7 Å². The average Bonchev–Trinajstić information content (AvgIpc) is 2.53. The second-order valence-corrected chi connectivity index (χ2v) is 5.31. The van der Waals surface area contributed by atoms with E-state index in [0.717, 1.165) is 16.7 Å². The minimum absolute atomic E-state index is 0.282. The van der Waals surface area contributed by atoms with E-state index in [1.54, 1.807) is 18.2 Å². The number of carbonyl (C=O) groups is 1. The first-order valence-corrected chi connectivity index (χ1v) is 7.18. The van der Waals surface area contributed by atoms with Crippen LogP contribution < -0.4 is 15.8 Å². The summed E-state index contributed by atoms with van der Waals surface area (Å²) in [7, 11) is 1.52. The number of hydrogen-bond donors (Lipinski definition) is 2. The van der Waals surface area contributed by atoms with Gasteiger partial charge in [-0.15, -0.1) is 0 Å². The highest BCUT2D eigenvalue weighted by atomic mass is 16.5. The Morgan fingerprint density at radius 1 is 1.26 bits per heavy atom. The molecule has 0 aliphatic heterocycles. The third-order valence-electron chi connectivity index (χ3n) is 3.70. The van der Waals surface area contributed by atoms with Crippen molar-refractivity contribution >= 4 is 17.3 Å². The van der Waals surface area contributed by atoms with Gasteiger partial charge >= 0.3 is 0 Å². The van der Waals surface area contributed by atoms with E-state index < -0.39 is 0 Å². The van der Waals surface area contributed by atoms with E-state index in [1.807, 2.05) is 26.0 Å². The molecule has 0 unspecified atom stereocenters. The summed E-state index contributed by atoms with van der Waals surface area (Å²) in [4.78, 5) is 12.6. The molecule has 3 N–H and O–H groups in total. The van der Waals surface area contributed by atoms with Gasteiger partial charge in [-0.05, 0) is 42.7 Å². The minimum atomic E-state index is -0.282. The fourth-order valence-electron chi connectivity index (χ4n) is 2.36. The molecule has 0 bridgehead atoms. The lowest BCUT2D eigenvalue weighted by atomic mass is 10.0. The summed E-state index contributed by atoms with van der Waals surface area (Å²) in [6.45, 7) is 3.71. The molecule has 0 saturated heterocycles. The van der Waals surface area contributed by atoms with Crippen molar-refractivity contribution in [3.05, 3.63) is 52.6 Å². The van der Waals surface area contributed by atoms with Crippen molar-refractivity contribution in [1.82, 2.24) is 0 Å². The average molecular weight is 309 g/mol. The zero-order chi connectivity index (χ0) is 17.0. The van der Waals surface area contributed by atoms with Crippen LogP contribution >= 0.6 is 0 Å². The van der Waals surface area contributed by atoms with E-state index in [1.165, 1.54) is 7.11 Å². The van der Waals surface area contributed by atoms with Gasteiger partial charge in [-0.3, -0.25) is 4.79 Å². The Balaban J connectivity index is 2.35. The standard InChI is InChI=1S/C18H19N3O2/c1-11-4-5-12(2)17(20)16(11)18(22)21-14-7-6-13(8-9-19)10-15(14)23-3/h4-7,10H,8,20H2,1-3H3,(H,21,22). The van der Waals surface area contributed by atoms with Crippen molar-refractivity contribution in [3.63, 3.8) is 0 Å². The van der Waals surface area contributed by atoms with E-state index in [-0.39, 0.29) is 12.3 Å². The maximum Gasteiger partial charge on any atom is 0.258 e. The number of nitrogen functional groups attached to an aromatic ring is 1. The molecule has 0 fully saturated rings. The van der Waals surface area contributed by atoms with E-state index in [9.17, 15) is 4.79 Å². The fraction of sp³-hybridized carbons (Fsp3) is 0.222. The SMILES string of the molecule is COc1cc(CC#N)ccc1NC(=O)c1c(C)ccc(C)c1N. The summed E-state index contributed by atoms with van der Waals surface area (Å²) < 4.78 is 5.30. The Hall–Kier alpha value is -3.00. The van der Waals surface area contributed by atoms with Gasteiger partial charge in [0.05, 0.1) is 30.9 Å². The second kappa shape index (κ2) is 6.84. The molecule has 5 nitrogen and oxygen atoms in total. The number of rotatable bonds is 4. The number of nitrogens with zero attached hydrogens (tertiary/aromatic N) is 1. The number of nitriles is 1. The molecule has 118 valence electrons. The van der Waals surface area contributed by atoms with Crippen molar-refractivity contribution in [2.24, 2.45) is 0 Å². The van der Waals surface area contributed by atoms with Gasteiger partial charge in [-0.25, -0.2) is 0 Å². The van der Waals surface area contributed by atoms with Gasteiger partial charge < -0.3 is 15.8 Å². The zero-order valence-corrected chi connectivity index (χ0v) is 13.4. The first-order chi connectivity index (χ1) is 11.0. The number of aryl methyl sites for hydroxylation is 2. The van der Waals surface area contributed by atoms with Crippen LogP contribution in [0.3, 0.4) is 0 Å². The van der Waals surface area contributed by atoms with Crippen LogP contribution in [0.25, 0.3) is 0 Å². The minimum Gasteiger partial charge on any atom is -0.495 e. The Labute approximate surface area is 135 Å². The number of hydrogen-bond acceptors (Lipinski definition) is 4. The van der Waals surface area contributed by atoms with Crippen LogP contribution in [0.15, 0.2) is 30.3 Å². The van der Waals surface area contributed by atoms with Crippen LogP contribution in [0.1, 0.15) is 27.0 Å². The summed E-state index contributed by atoms with van der Waals surface area (Å²) in [6, 6.07) is 11.1. The van der Waals surface area contributed by atoms with Gasteiger partial charge in [0.15, 0.2) is 0 Å². The van der Waals surface area contributed by atoms with Gasteiger partial charge in [0.1, 0.15) is 5.75 Å².